The van der Waals surface area contributed by atoms with Crippen molar-refractivity contribution in [1.29, 1.82) is 0 Å². The summed E-state index contributed by atoms with van der Waals surface area (Å²) in [6.45, 7) is 4.77. The Labute approximate surface area is 147 Å². The Hall–Kier alpha value is -2.89. The summed E-state index contributed by atoms with van der Waals surface area (Å²) in [6.07, 6.45) is 2.35. The van der Waals surface area contributed by atoms with Gasteiger partial charge in [-0.1, -0.05) is 13.8 Å². The van der Waals surface area contributed by atoms with Gasteiger partial charge in [-0.15, -0.1) is 0 Å². The number of hydrogen-bond acceptors (Lipinski definition) is 4. The molecule has 25 heavy (non-hydrogen) atoms. The van der Waals surface area contributed by atoms with Crippen molar-refractivity contribution in [2.45, 2.75) is 20.3 Å². The van der Waals surface area contributed by atoms with E-state index in [-0.39, 0.29) is 17.5 Å². The quantitative estimate of drug-likeness (QED) is 0.811. The Kier molecular flexibility index (Phi) is 6.51. The van der Waals surface area contributed by atoms with Gasteiger partial charge in [0.2, 0.25) is 0 Å². The highest BCUT2D eigenvalue weighted by atomic mass is 16.5. The highest BCUT2D eigenvalue weighted by Crippen LogP contribution is 2.16. The first-order valence-corrected chi connectivity index (χ1v) is 8.19. The van der Waals surface area contributed by atoms with E-state index in [1.807, 2.05) is 0 Å². The van der Waals surface area contributed by atoms with Crippen molar-refractivity contribution in [3.8, 4) is 5.75 Å². The smallest absolute Gasteiger partial charge is 0.269 e. The van der Waals surface area contributed by atoms with Gasteiger partial charge in [0.1, 0.15) is 11.4 Å². The van der Waals surface area contributed by atoms with Gasteiger partial charge in [0.05, 0.1) is 7.11 Å². The van der Waals surface area contributed by atoms with Crippen molar-refractivity contribution in [3.05, 3.63) is 53.9 Å². The number of nitrogens with zero attached hydrogens (tertiary/aromatic N) is 1. The van der Waals surface area contributed by atoms with Crippen molar-refractivity contribution < 1.29 is 14.3 Å². The van der Waals surface area contributed by atoms with Crippen LogP contribution in [0.4, 0.5) is 5.69 Å². The molecule has 2 rings (SSSR count). The molecule has 0 aliphatic rings. The van der Waals surface area contributed by atoms with Crippen molar-refractivity contribution in [2.75, 3.05) is 19.0 Å². The molecule has 0 fully saturated rings. The lowest BCUT2D eigenvalue weighted by Crippen LogP contribution is -2.26. The molecule has 6 heteroatoms. The molecule has 0 bridgehead atoms. The largest absolute Gasteiger partial charge is 0.497 e. The van der Waals surface area contributed by atoms with Crippen LogP contribution in [-0.4, -0.2) is 30.5 Å². The maximum atomic E-state index is 12.3. The number of benzene rings is 1. The van der Waals surface area contributed by atoms with Crippen LogP contribution in [0.15, 0.2) is 42.6 Å². The molecule has 0 aliphatic carbocycles. The summed E-state index contributed by atoms with van der Waals surface area (Å²) in [7, 11) is 1.58. The first-order chi connectivity index (χ1) is 12.0. The zero-order chi connectivity index (χ0) is 18.2. The molecule has 1 heterocycles. The zero-order valence-corrected chi connectivity index (χ0v) is 14.7. The lowest BCUT2D eigenvalue weighted by molar-refractivity contribution is 0.0947. The second kappa shape index (κ2) is 8.82. The van der Waals surface area contributed by atoms with Gasteiger partial charge >= 0.3 is 0 Å². The Morgan fingerprint density at radius 2 is 1.84 bits per heavy atom. The highest BCUT2D eigenvalue weighted by Gasteiger charge is 2.12. The Balaban J connectivity index is 2.01. The summed E-state index contributed by atoms with van der Waals surface area (Å²) in [5.41, 5.74) is 1.25. The van der Waals surface area contributed by atoms with E-state index in [1.165, 1.54) is 12.3 Å². The maximum Gasteiger partial charge on any atom is 0.269 e. The number of carbonyl (C=O) groups is 2. The van der Waals surface area contributed by atoms with E-state index in [0.717, 1.165) is 6.42 Å². The van der Waals surface area contributed by atoms with Crippen LogP contribution >= 0.6 is 0 Å². The van der Waals surface area contributed by atoms with Crippen LogP contribution < -0.4 is 15.4 Å². The molecule has 0 unspecified atom stereocenters. The molecule has 0 saturated carbocycles. The van der Waals surface area contributed by atoms with Crippen molar-refractivity contribution in [3.63, 3.8) is 0 Å². The standard InChI is InChI=1S/C19H23N3O3/c1-13(2)8-10-21-19(24)17-12-14(9-11-20-17)18(23)22-15-4-6-16(25-3)7-5-15/h4-7,9,11-13H,8,10H2,1-3H3,(H,21,24)(H,22,23). The number of anilines is 1. The molecule has 0 atom stereocenters. The molecule has 1 aromatic heterocycles. The van der Waals surface area contributed by atoms with E-state index in [9.17, 15) is 9.59 Å². The minimum atomic E-state index is -0.302. The van der Waals surface area contributed by atoms with Gasteiger partial charge in [0.15, 0.2) is 0 Å². The van der Waals surface area contributed by atoms with Crippen LogP contribution in [0.25, 0.3) is 0 Å². The molecule has 2 amide bonds. The summed E-state index contributed by atoms with van der Waals surface area (Å²) in [4.78, 5) is 28.5. The minimum Gasteiger partial charge on any atom is -0.497 e. The fourth-order valence-corrected chi connectivity index (χ4v) is 2.14. The van der Waals surface area contributed by atoms with Crippen LogP contribution in [0.3, 0.4) is 0 Å². The molecular weight excluding hydrogens is 318 g/mol. The number of aromatic nitrogens is 1. The number of amides is 2. The van der Waals surface area contributed by atoms with Crippen LogP contribution in [0, 0.1) is 5.92 Å². The second-order valence-electron chi connectivity index (χ2n) is 6.05. The van der Waals surface area contributed by atoms with Gasteiger partial charge in [-0.2, -0.15) is 0 Å². The predicted octanol–water partition coefficient (Wildman–Crippen LogP) is 3.12. The van der Waals surface area contributed by atoms with Crippen molar-refractivity contribution >= 4 is 17.5 Å². The molecule has 1 aromatic carbocycles. The third kappa shape index (κ3) is 5.60. The van der Waals surface area contributed by atoms with E-state index in [4.69, 9.17) is 4.74 Å². The van der Waals surface area contributed by atoms with Crippen LogP contribution in [0.5, 0.6) is 5.75 Å². The maximum absolute atomic E-state index is 12.3. The van der Waals surface area contributed by atoms with Gasteiger partial charge in [0, 0.05) is 24.0 Å². The third-order valence-electron chi connectivity index (χ3n) is 3.61. The van der Waals surface area contributed by atoms with Crippen LogP contribution in [0.1, 0.15) is 41.1 Å². The number of rotatable bonds is 7. The molecule has 0 aliphatic heterocycles. The molecular formula is C19H23N3O3. The molecule has 0 spiro atoms. The average Bonchev–Trinajstić information content (AvgIpc) is 2.62. The molecule has 132 valence electrons. The highest BCUT2D eigenvalue weighted by molar-refractivity contribution is 6.05. The topological polar surface area (TPSA) is 80.3 Å². The number of methoxy groups -OCH3 is 1. The van der Waals surface area contributed by atoms with E-state index in [1.54, 1.807) is 37.4 Å². The number of hydrogen-bond donors (Lipinski definition) is 2. The van der Waals surface area contributed by atoms with Gasteiger partial charge in [0.25, 0.3) is 11.8 Å². The first-order valence-electron chi connectivity index (χ1n) is 8.19. The molecule has 2 aromatic rings. The number of carbonyl (C=O) groups excluding carboxylic acids is 2. The molecule has 0 saturated heterocycles. The molecule has 0 radical (unpaired) electrons. The summed E-state index contributed by atoms with van der Waals surface area (Å²) in [5.74, 6) is 0.640. The van der Waals surface area contributed by atoms with Crippen molar-refractivity contribution in [2.24, 2.45) is 5.92 Å². The number of nitrogens with one attached hydrogen (secondary N) is 2. The lowest BCUT2D eigenvalue weighted by Gasteiger charge is -2.09. The van der Waals surface area contributed by atoms with E-state index >= 15 is 0 Å². The zero-order valence-electron chi connectivity index (χ0n) is 14.7. The van der Waals surface area contributed by atoms with Gasteiger partial charge in [-0.3, -0.25) is 14.6 Å². The van der Waals surface area contributed by atoms with E-state index in [2.05, 4.69) is 29.5 Å². The monoisotopic (exact) mass is 341 g/mol. The minimum absolute atomic E-state index is 0.228. The van der Waals surface area contributed by atoms with E-state index < -0.39 is 0 Å². The van der Waals surface area contributed by atoms with E-state index in [0.29, 0.717) is 29.5 Å². The fraction of sp³-hybridized carbons (Fsp3) is 0.316. The van der Waals surface area contributed by atoms with Crippen LogP contribution in [-0.2, 0) is 0 Å². The third-order valence-corrected chi connectivity index (χ3v) is 3.61. The Bertz CT molecular complexity index is 727. The summed E-state index contributed by atoms with van der Waals surface area (Å²) < 4.78 is 5.08. The summed E-state index contributed by atoms with van der Waals surface area (Å²) in [5, 5.41) is 5.59. The normalized spacial score (nSPS) is 10.4. The van der Waals surface area contributed by atoms with Crippen LogP contribution in [0.2, 0.25) is 0 Å². The second-order valence-corrected chi connectivity index (χ2v) is 6.05. The Morgan fingerprint density at radius 1 is 1.12 bits per heavy atom. The summed E-state index contributed by atoms with van der Waals surface area (Å²) in [6, 6.07) is 10.1. The van der Waals surface area contributed by atoms with Gasteiger partial charge in [-0.05, 0) is 48.7 Å². The van der Waals surface area contributed by atoms with Gasteiger partial charge in [-0.25, -0.2) is 0 Å². The molecule has 6 nitrogen and oxygen atoms in total. The predicted molar refractivity (Wildman–Crippen MR) is 97.0 cm³/mol. The lowest BCUT2D eigenvalue weighted by atomic mass is 10.1. The summed E-state index contributed by atoms with van der Waals surface area (Å²) >= 11 is 0. The number of pyridine rings is 1. The fourth-order valence-electron chi connectivity index (χ4n) is 2.14. The first kappa shape index (κ1) is 18.4. The van der Waals surface area contributed by atoms with Crippen molar-refractivity contribution in [1.82, 2.24) is 10.3 Å². The average molecular weight is 341 g/mol. The SMILES string of the molecule is COc1ccc(NC(=O)c2ccnc(C(=O)NCCC(C)C)c2)cc1. The molecule has 2 N–H and O–H groups in total. The van der Waals surface area contributed by atoms with Gasteiger partial charge < -0.3 is 15.4 Å². The number of ether oxygens (including phenoxy) is 1. The Morgan fingerprint density at radius 3 is 2.48 bits per heavy atom.